The molecule has 5 heteroatoms. The SMILES string of the molecule is CC1CCC(CBr)(NC(=O)C2CCC(F)(F)CC2)CC1. The van der Waals surface area contributed by atoms with Gasteiger partial charge in [-0.05, 0) is 44.4 Å². The van der Waals surface area contributed by atoms with Gasteiger partial charge in [0.2, 0.25) is 11.8 Å². The van der Waals surface area contributed by atoms with Crippen LogP contribution in [0.1, 0.15) is 58.3 Å². The van der Waals surface area contributed by atoms with Gasteiger partial charge in [-0.1, -0.05) is 22.9 Å². The van der Waals surface area contributed by atoms with Crippen LogP contribution >= 0.6 is 15.9 Å². The third-order valence-corrected chi connectivity index (χ3v) is 6.04. The topological polar surface area (TPSA) is 29.1 Å². The number of hydrogen-bond donors (Lipinski definition) is 1. The monoisotopic (exact) mass is 351 g/mol. The van der Waals surface area contributed by atoms with E-state index in [4.69, 9.17) is 0 Å². The van der Waals surface area contributed by atoms with Crippen LogP contribution in [0.2, 0.25) is 0 Å². The molecule has 0 unspecified atom stereocenters. The Morgan fingerprint density at radius 2 is 1.70 bits per heavy atom. The Labute approximate surface area is 128 Å². The lowest BCUT2D eigenvalue weighted by Crippen LogP contribution is -2.54. The van der Waals surface area contributed by atoms with Crippen LogP contribution in [0.5, 0.6) is 0 Å². The zero-order chi connectivity index (χ0) is 14.8. The number of carbonyl (C=O) groups excluding carboxylic acids is 1. The molecule has 0 saturated heterocycles. The van der Waals surface area contributed by atoms with Crippen molar-refractivity contribution in [2.45, 2.75) is 69.8 Å². The van der Waals surface area contributed by atoms with Crippen molar-refractivity contribution in [3.63, 3.8) is 0 Å². The second-order valence-corrected chi connectivity index (χ2v) is 7.28. The van der Waals surface area contributed by atoms with Crippen molar-refractivity contribution >= 4 is 21.8 Å². The molecule has 0 aromatic rings. The van der Waals surface area contributed by atoms with Gasteiger partial charge in [-0.25, -0.2) is 8.78 Å². The van der Waals surface area contributed by atoms with Gasteiger partial charge in [0.15, 0.2) is 0 Å². The van der Waals surface area contributed by atoms with Crippen molar-refractivity contribution < 1.29 is 13.6 Å². The summed E-state index contributed by atoms with van der Waals surface area (Å²) in [6.07, 6.45) is 4.53. The Hall–Kier alpha value is -0.190. The first-order chi connectivity index (χ1) is 9.36. The number of hydrogen-bond acceptors (Lipinski definition) is 1. The van der Waals surface area contributed by atoms with Crippen LogP contribution in [0.3, 0.4) is 0 Å². The molecule has 2 aliphatic carbocycles. The highest BCUT2D eigenvalue weighted by molar-refractivity contribution is 9.09. The molecule has 0 aliphatic heterocycles. The Kier molecular flexibility index (Phi) is 5.09. The summed E-state index contributed by atoms with van der Waals surface area (Å²) in [6, 6.07) is 0. The highest BCUT2D eigenvalue weighted by Crippen LogP contribution is 2.38. The van der Waals surface area contributed by atoms with E-state index in [1.807, 2.05) is 0 Å². The third-order valence-electron chi connectivity index (χ3n) is 4.96. The lowest BCUT2D eigenvalue weighted by molar-refractivity contribution is -0.131. The molecule has 20 heavy (non-hydrogen) atoms. The highest BCUT2D eigenvalue weighted by Gasteiger charge is 2.40. The number of carbonyl (C=O) groups is 1. The average molecular weight is 352 g/mol. The van der Waals surface area contributed by atoms with Crippen molar-refractivity contribution in [2.24, 2.45) is 11.8 Å². The Bertz CT molecular complexity index is 344. The quantitative estimate of drug-likeness (QED) is 0.755. The standard InChI is InChI=1S/C15H24BrF2NO/c1-11-2-6-14(10-16,7-3-11)19-13(20)12-4-8-15(17,18)9-5-12/h11-12H,2-10H2,1H3,(H,19,20). The van der Waals surface area contributed by atoms with Crippen LogP contribution in [0.25, 0.3) is 0 Å². The van der Waals surface area contributed by atoms with Crippen molar-refractivity contribution in [1.82, 2.24) is 5.32 Å². The van der Waals surface area contributed by atoms with E-state index in [0.717, 1.165) is 31.0 Å². The molecule has 2 nitrogen and oxygen atoms in total. The number of nitrogens with one attached hydrogen (secondary N) is 1. The first-order valence-corrected chi connectivity index (χ1v) is 8.74. The summed E-state index contributed by atoms with van der Waals surface area (Å²) < 4.78 is 26.3. The molecule has 2 aliphatic rings. The minimum Gasteiger partial charge on any atom is -0.350 e. The summed E-state index contributed by atoms with van der Waals surface area (Å²) in [6.45, 7) is 2.24. The zero-order valence-electron chi connectivity index (χ0n) is 12.1. The van der Waals surface area contributed by atoms with E-state index < -0.39 is 5.92 Å². The average Bonchev–Trinajstić information content (AvgIpc) is 2.41. The molecule has 2 fully saturated rings. The van der Waals surface area contributed by atoms with Crippen LogP contribution in [-0.4, -0.2) is 22.7 Å². The van der Waals surface area contributed by atoms with Crippen molar-refractivity contribution in [3.05, 3.63) is 0 Å². The van der Waals surface area contributed by atoms with Crippen LogP contribution in [0, 0.1) is 11.8 Å². The molecule has 0 atom stereocenters. The van der Waals surface area contributed by atoms with Crippen LogP contribution in [-0.2, 0) is 4.79 Å². The first kappa shape index (κ1) is 16.2. The maximum Gasteiger partial charge on any atom is 0.248 e. The molecule has 1 amide bonds. The number of halogens is 3. The van der Waals surface area contributed by atoms with Gasteiger partial charge in [-0.15, -0.1) is 0 Å². The van der Waals surface area contributed by atoms with E-state index in [9.17, 15) is 13.6 Å². The lowest BCUT2D eigenvalue weighted by Gasteiger charge is -2.40. The molecule has 0 bridgehead atoms. The Balaban J connectivity index is 1.90. The summed E-state index contributed by atoms with van der Waals surface area (Å²) in [5.41, 5.74) is -0.163. The molecule has 2 saturated carbocycles. The van der Waals surface area contributed by atoms with Gasteiger partial charge >= 0.3 is 0 Å². The van der Waals surface area contributed by atoms with Crippen LogP contribution in [0.15, 0.2) is 0 Å². The van der Waals surface area contributed by atoms with Gasteiger partial charge in [0.25, 0.3) is 0 Å². The predicted octanol–water partition coefficient (Wildman–Crippen LogP) is 4.27. The van der Waals surface area contributed by atoms with Gasteiger partial charge < -0.3 is 5.32 Å². The largest absolute Gasteiger partial charge is 0.350 e. The maximum atomic E-state index is 13.1. The second kappa shape index (κ2) is 6.29. The fraction of sp³-hybridized carbons (Fsp3) is 0.933. The van der Waals surface area contributed by atoms with E-state index in [0.29, 0.717) is 18.8 Å². The number of rotatable bonds is 3. The number of amides is 1. The van der Waals surface area contributed by atoms with E-state index in [2.05, 4.69) is 28.2 Å². The minimum atomic E-state index is -2.57. The molecule has 1 N–H and O–H groups in total. The molecular weight excluding hydrogens is 328 g/mol. The second-order valence-electron chi connectivity index (χ2n) is 6.72. The summed E-state index contributed by atoms with van der Waals surface area (Å²) >= 11 is 3.52. The molecule has 0 aromatic heterocycles. The molecule has 2 rings (SSSR count). The van der Waals surface area contributed by atoms with Gasteiger partial charge in [-0.2, -0.15) is 0 Å². The predicted molar refractivity (Wildman–Crippen MR) is 79.2 cm³/mol. The zero-order valence-corrected chi connectivity index (χ0v) is 13.6. The van der Waals surface area contributed by atoms with E-state index in [-0.39, 0.29) is 30.2 Å². The van der Waals surface area contributed by atoms with E-state index in [1.165, 1.54) is 0 Å². The third kappa shape index (κ3) is 3.92. The van der Waals surface area contributed by atoms with E-state index in [1.54, 1.807) is 0 Å². The van der Waals surface area contributed by atoms with Gasteiger partial charge in [0.05, 0.1) is 0 Å². The first-order valence-electron chi connectivity index (χ1n) is 7.62. The Morgan fingerprint density at radius 1 is 1.15 bits per heavy atom. The van der Waals surface area contributed by atoms with Crippen LogP contribution in [0.4, 0.5) is 8.78 Å². The highest BCUT2D eigenvalue weighted by atomic mass is 79.9. The molecule has 116 valence electrons. The maximum absolute atomic E-state index is 13.1. The lowest BCUT2D eigenvalue weighted by atomic mass is 9.77. The fourth-order valence-electron chi connectivity index (χ4n) is 3.27. The molecule has 0 spiro atoms. The Morgan fingerprint density at radius 3 is 2.20 bits per heavy atom. The van der Waals surface area contributed by atoms with Gasteiger partial charge in [0.1, 0.15) is 0 Å². The molecule has 0 radical (unpaired) electrons. The summed E-state index contributed by atoms with van der Waals surface area (Å²) in [4.78, 5) is 12.3. The normalized spacial score (nSPS) is 34.7. The van der Waals surface area contributed by atoms with Gasteiger partial charge in [-0.3, -0.25) is 4.79 Å². The minimum absolute atomic E-state index is 0.0190. The molecule has 0 aromatic carbocycles. The van der Waals surface area contributed by atoms with Crippen molar-refractivity contribution in [3.8, 4) is 0 Å². The smallest absolute Gasteiger partial charge is 0.248 e. The van der Waals surface area contributed by atoms with Crippen molar-refractivity contribution in [1.29, 1.82) is 0 Å². The summed E-state index contributed by atoms with van der Waals surface area (Å²) in [5.74, 6) is -2.10. The van der Waals surface area contributed by atoms with Gasteiger partial charge in [0, 0.05) is 29.6 Å². The summed E-state index contributed by atoms with van der Waals surface area (Å²) in [5, 5.41) is 3.92. The van der Waals surface area contributed by atoms with E-state index >= 15 is 0 Å². The molecule has 0 heterocycles. The fourth-order valence-corrected chi connectivity index (χ4v) is 3.97. The van der Waals surface area contributed by atoms with Crippen LogP contribution < -0.4 is 5.32 Å². The molecular formula is C15H24BrF2NO. The number of alkyl halides is 3. The van der Waals surface area contributed by atoms with Crippen molar-refractivity contribution in [2.75, 3.05) is 5.33 Å². The summed E-state index contributed by atoms with van der Waals surface area (Å²) in [7, 11) is 0.